The van der Waals surface area contributed by atoms with Crippen molar-refractivity contribution < 1.29 is 0 Å². The van der Waals surface area contributed by atoms with Gasteiger partial charge in [-0.2, -0.15) is 0 Å². The molecule has 0 saturated carbocycles. The molecular weight excluding hydrogens is 277 g/mol. The van der Waals surface area contributed by atoms with E-state index in [1.165, 1.54) is 30.9 Å². The minimum atomic E-state index is -0.399. The van der Waals surface area contributed by atoms with Crippen LogP contribution in [0.25, 0.3) is 0 Å². The van der Waals surface area contributed by atoms with E-state index in [1.807, 2.05) is 0 Å². The van der Waals surface area contributed by atoms with E-state index in [2.05, 4.69) is 74.7 Å². The highest BCUT2D eigenvalue weighted by Crippen LogP contribution is 2.56. The van der Waals surface area contributed by atoms with Crippen molar-refractivity contribution in [2.24, 2.45) is 0 Å². The standard InChI is InChI=1S/C17H20N3P/c1-3-8-16(9-4-1)19-12-7-13-20(21(19)18-14-15-18)17-10-5-2-6-11-17/h1-6,8-11H,7,12-15H2. The van der Waals surface area contributed by atoms with Crippen LogP contribution in [0.15, 0.2) is 60.7 Å². The molecule has 0 aliphatic carbocycles. The maximum absolute atomic E-state index is 2.61. The van der Waals surface area contributed by atoms with Crippen molar-refractivity contribution in [2.75, 3.05) is 35.5 Å². The Morgan fingerprint density at radius 3 is 1.52 bits per heavy atom. The topological polar surface area (TPSA) is 9.49 Å². The van der Waals surface area contributed by atoms with Crippen molar-refractivity contribution >= 4 is 19.7 Å². The predicted octanol–water partition coefficient (Wildman–Crippen LogP) is 3.95. The minimum absolute atomic E-state index is 0.399. The van der Waals surface area contributed by atoms with Gasteiger partial charge in [-0.25, -0.2) is 4.67 Å². The first kappa shape index (κ1) is 13.1. The van der Waals surface area contributed by atoms with Crippen molar-refractivity contribution in [1.29, 1.82) is 0 Å². The zero-order valence-electron chi connectivity index (χ0n) is 12.1. The van der Waals surface area contributed by atoms with Crippen molar-refractivity contribution in [3.05, 3.63) is 60.7 Å². The van der Waals surface area contributed by atoms with Gasteiger partial charge in [-0.15, -0.1) is 0 Å². The summed E-state index contributed by atoms with van der Waals surface area (Å²) in [6.45, 7) is 4.79. The smallest absolute Gasteiger partial charge is 0.178 e. The molecule has 3 nitrogen and oxygen atoms in total. The Morgan fingerprint density at radius 2 is 1.10 bits per heavy atom. The summed E-state index contributed by atoms with van der Waals surface area (Å²) in [5, 5.41) is 0. The summed E-state index contributed by atoms with van der Waals surface area (Å²) in [5.74, 6) is 0. The van der Waals surface area contributed by atoms with Gasteiger partial charge >= 0.3 is 0 Å². The number of nitrogens with zero attached hydrogens (tertiary/aromatic N) is 3. The number of anilines is 2. The van der Waals surface area contributed by atoms with Gasteiger partial charge in [0.05, 0.1) is 0 Å². The van der Waals surface area contributed by atoms with Gasteiger partial charge in [-0.3, -0.25) is 0 Å². The number of para-hydroxylation sites is 2. The lowest BCUT2D eigenvalue weighted by Crippen LogP contribution is -2.39. The summed E-state index contributed by atoms with van der Waals surface area (Å²) in [7, 11) is -0.399. The van der Waals surface area contributed by atoms with Gasteiger partial charge in [0.25, 0.3) is 0 Å². The molecule has 2 aromatic carbocycles. The molecule has 0 spiro atoms. The minimum Gasteiger partial charge on any atom is -0.321 e. The highest BCUT2D eigenvalue weighted by Gasteiger charge is 2.40. The molecular formula is C17H20N3P. The molecule has 2 saturated heterocycles. The Labute approximate surface area is 127 Å². The summed E-state index contributed by atoms with van der Waals surface area (Å²) >= 11 is 0. The second-order valence-corrected chi connectivity index (χ2v) is 7.56. The summed E-state index contributed by atoms with van der Waals surface area (Å²) in [6.07, 6.45) is 1.22. The largest absolute Gasteiger partial charge is 0.321 e. The van der Waals surface area contributed by atoms with E-state index in [1.54, 1.807) is 0 Å². The molecule has 0 aromatic heterocycles. The Morgan fingerprint density at radius 1 is 0.619 bits per heavy atom. The molecule has 2 aliphatic heterocycles. The molecule has 4 rings (SSSR count). The second-order valence-electron chi connectivity index (χ2n) is 5.49. The van der Waals surface area contributed by atoms with Crippen LogP contribution in [0.3, 0.4) is 0 Å². The van der Waals surface area contributed by atoms with Crippen LogP contribution in [0.5, 0.6) is 0 Å². The first-order chi connectivity index (χ1) is 10.4. The van der Waals surface area contributed by atoms with E-state index >= 15 is 0 Å². The quantitative estimate of drug-likeness (QED) is 0.627. The van der Waals surface area contributed by atoms with Crippen LogP contribution in [-0.4, -0.2) is 30.8 Å². The Bertz CT molecular complexity index is 538. The monoisotopic (exact) mass is 297 g/mol. The van der Waals surface area contributed by atoms with Crippen LogP contribution in [0, 0.1) is 0 Å². The third kappa shape index (κ3) is 2.64. The van der Waals surface area contributed by atoms with Crippen molar-refractivity contribution in [1.82, 2.24) is 4.67 Å². The maximum Gasteiger partial charge on any atom is 0.178 e. The van der Waals surface area contributed by atoms with Crippen molar-refractivity contribution in [3.63, 3.8) is 0 Å². The predicted molar refractivity (Wildman–Crippen MR) is 90.7 cm³/mol. The lowest BCUT2D eigenvalue weighted by Gasteiger charge is -2.45. The molecule has 21 heavy (non-hydrogen) atoms. The molecule has 0 atom stereocenters. The lowest BCUT2D eigenvalue weighted by atomic mass is 10.3. The Hall–Kier alpha value is -1.57. The molecule has 0 N–H and O–H groups in total. The molecule has 108 valence electrons. The van der Waals surface area contributed by atoms with Gasteiger partial charge in [0.15, 0.2) is 8.37 Å². The van der Waals surface area contributed by atoms with Gasteiger partial charge < -0.3 is 9.34 Å². The zero-order chi connectivity index (χ0) is 14.1. The first-order valence-corrected chi connectivity index (χ1v) is 8.83. The third-order valence-electron chi connectivity index (χ3n) is 3.96. The van der Waals surface area contributed by atoms with E-state index in [4.69, 9.17) is 0 Å². The van der Waals surface area contributed by atoms with Gasteiger partial charge in [-0.1, -0.05) is 36.4 Å². The van der Waals surface area contributed by atoms with E-state index in [0.717, 1.165) is 13.1 Å². The summed E-state index contributed by atoms with van der Waals surface area (Å²) in [6, 6.07) is 21.8. The van der Waals surface area contributed by atoms with Crippen LogP contribution >= 0.6 is 8.37 Å². The zero-order valence-corrected chi connectivity index (χ0v) is 13.0. The third-order valence-corrected chi connectivity index (χ3v) is 6.59. The van der Waals surface area contributed by atoms with Crippen LogP contribution in [0.1, 0.15) is 6.42 Å². The van der Waals surface area contributed by atoms with E-state index in [0.29, 0.717) is 0 Å². The summed E-state index contributed by atoms with van der Waals surface area (Å²) in [5.41, 5.74) is 2.72. The fourth-order valence-electron chi connectivity index (χ4n) is 2.87. The summed E-state index contributed by atoms with van der Waals surface area (Å²) in [4.78, 5) is 0. The molecule has 2 heterocycles. The molecule has 0 bridgehead atoms. The van der Waals surface area contributed by atoms with E-state index < -0.39 is 8.37 Å². The average Bonchev–Trinajstić information content (AvgIpc) is 3.41. The number of rotatable bonds is 3. The number of benzene rings is 2. The van der Waals surface area contributed by atoms with Gasteiger partial charge in [-0.05, 0) is 30.7 Å². The van der Waals surface area contributed by atoms with Crippen LogP contribution in [-0.2, 0) is 0 Å². The SMILES string of the molecule is c1ccc(N2CCCN(c3ccccc3)P2N2CC2)cc1. The Kier molecular flexibility index (Phi) is 3.54. The highest BCUT2D eigenvalue weighted by molar-refractivity contribution is 7.59. The van der Waals surface area contributed by atoms with E-state index in [-0.39, 0.29) is 0 Å². The highest BCUT2D eigenvalue weighted by atomic mass is 31.2. The van der Waals surface area contributed by atoms with Crippen LogP contribution in [0.4, 0.5) is 11.4 Å². The normalized spacial score (nSPS) is 19.8. The van der Waals surface area contributed by atoms with Crippen LogP contribution < -0.4 is 9.34 Å². The van der Waals surface area contributed by atoms with Gasteiger partial charge in [0, 0.05) is 37.6 Å². The molecule has 0 amide bonds. The average molecular weight is 297 g/mol. The van der Waals surface area contributed by atoms with Crippen molar-refractivity contribution in [3.8, 4) is 0 Å². The molecule has 0 unspecified atom stereocenters. The fraction of sp³-hybridized carbons (Fsp3) is 0.294. The molecule has 2 fully saturated rings. The Balaban J connectivity index is 1.68. The molecule has 0 radical (unpaired) electrons. The van der Waals surface area contributed by atoms with Gasteiger partial charge in [0.1, 0.15) is 0 Å². The summed E-state index contributed by atoms with van der Waals surface area (Å²) < 4.78 is 7.83. The second kappa shape index (κ2) is 5.67. The van der Waals surface area contributed by atoms with E-state index in [9.17, 15) is 0 Å². The maximum atomic E-state index is 2.61. The fourth-order valence-corrected chi connectivity index (χ4v) is 5.51. The van der Waals surface area contributed by atoms with Crippen molar-refractivity contribution in [2.45, 2.75) is 6.42 Å². The first-order valence-electron chi connectivity index (χ1n) is 7.63. The molecule has 2 aliphatic rings. The number of hydrogen-bond acceptors (Lipinski definition) is 3. The van der Waals surface area contributed by atoms with Crippen LogP contribution in [0.2, 0.25) is 0 Å². The molecule has 4 heteroatoms. The number of hydrogen-bond donors (Lipinski definition) is 0. The lowest BCUT2D eigenvalue weighted by molar-refractivity contribution is 0.755. The molecule has 2 aromatic rings. The van der Waals surface area contributed by atoms with Gasteiger partial charge in [0.2, 0.25) is 0 Å².